The number of benzene rings is 1. The summed E-state index contributed by atoms with van der Waals surface area (Å²) in [5.41, 5.74) is -4.54. The maximum atomic E-state index is 13.3. The van der Waals surface area contributed by atoms with Crippen LogP contribution in [0.15, 0.2) is 18.2 Å². The summed E-state index contributed by atoms with van der Waals surface area (Å²) in [4.78, 5) is 11.7. The lowest BCUT2D eigenvalue weighted by atomic mass is 9.73. The second kappa shape index (κ2) is 5.45. The predicted octanol–water partition coefficient (Wildman–Crippen LogP) is 3.34. The molecule has 3 atom stereocenters. The van der Waals surface area contributed by atoms with Crippen LogP contribution in [0.3, 0.4) is 0 Å². The van der Waals surface area contributed by atoms with Crippen LogP contribution >= 0.6 is 0 Å². The van der Waals surface area contributed by atoms with E-state index in [2.05, 4.69) is 0 Å². The Balaban J connectivity index is 1.97. The molecule has 1 aromatic carbocycles. The van der Waals surface area contributed by atoms with Crippen LogP contribution in [0, 0.1) is 17.2 Å². The van der Waals surface area contributed by atoms with Crippen molar-refractivity contribution < 1.29 is 38.0 Å². The molecule has 152 valence electrons. The van der Waals surface area contributed by atoms with Crippen LogP contribution in [0.4, 0.5) is 13.2 Å². The average Bonchev–Trinajstić information content (AvgIpc) is 3.15. The van der Waals surface area contributed by atoms with E-state index >= 15 is 0 Å². The summed E-state index contributed by atoms with van der Waals surface area (Å²) in [5.74, 6) is -3.29. The zero-order valence-corrected chi connectivity index (χ0v) is 15.2. The summed E-state index contributed by atoms with van der Waals surface area (Å²) in [6.07, 6.45) is -4.79. The van der Waals surface area contributed by atoms with Gasteiger partial charge in [0, 0.05) is 0 Å². The van der Waals surface area contributed by atoms with Gasteiger partial charge in [0.2, 0.25) is 11.8 Å². The highest BCUT2D eigenvalue weighted by molar-refractivity contribution is 5.76. The highest BCUT2D eigenvalue weighted by Crippen LogP contribution is 2.66. The Bertz CT molecular complexity index is 1120. The average molecular weight is 408 g/mol. The van der Waals surface area contributed by atoms with E-state index in [0.29, 0.717) is 6.07 Å². The number of alkyl halides is 3. The number of fused-ring (bicyclic) bond motifs is 5. The van der Waals surface area contributed by atoms with Crippen molar-refractivity contribution in [1.29, 1.82) is 5.26 Å². The molecule has 0 radical (unpaired) electrons. The summed E-state index contributed by atoms with van der Waals surface area (Å²) >= 11 is 0. The topological polar surface area (TPSA) is 116 Å². The molecule has 2 bridgehead atoms. The zero-order valence-electron chi connectivity index (χ0n) is 15.2. The first-order valence-electron chi connectivity index (χ1n) is 8.57. The Labute approximate surface area is 162 Å². The van der Waals surface area contributed by atoms with Gasteiger partial charge in [-0.3, -0.25) is 9.36 Å². The molecule has 3 heterocycles. The van der Waals surface area contributed by atoms with Gasteiger partial charge in [-0.05, 0) is 38.5 Å². The van der Waals surface area contributed by atoms with Gasteiger partial charge >= 0.3 is 12.1 Å². The van der Waals surface area contributed by atoms with Gasteiger partial charge in [-0.2, -0.15) is 18.4 Å². The SMILES string of the molecule is CC12C[C@@H](C(=O)O)C(C)(O1)c1c2c(O)n(-c2ccc(C#N)c(C(F)(F)F)c2)c1O. The molecule has 0 aliphatic carbocycles. The van der Waals surface area contributed by atoms with Crippen LogP contribution < -0.4 is 0 Å². The van der Waals surface area contributed by atoms with Gasteiger partial charge in [0.15, 0.2) is 0 Å². The van der Waals surface area contributed by atoms with E-state index in [9.17, 15) is 33.3 Å². The molecule has 0 saturated carbocycles. The normalized spacial score (nSPS) is 27.7. The van der Waals surface area contributed by atoms with Crippen LogP contribution in [-0.4, -0.2) is 25.9 Å². The lowest BCUT2D eigenvalue weighted by molar-refractivity contribution is -0.149. The number of carbonyl (C=O) groups is 1. The van der Waals surface area contributed by atoms with E-state index in [4.69, 9.17) is 10.00 Å². The lowest BCUT2D eigenvalue weighted by Crippen LogP contribution is -2.34. The number of carboxylic acids is 1. The first-order valence-corrected chi connectivity index (χ1v) is 8.57. The quantitative estimate of drug-likeness (QED) is 0.702. The highest BCUT2D eigenvalue weighted by atomic mass is 19.4. The number of rotatable bonds is 2. The molecular weight excluding hydrogens is 393 g/mol. The number of hydrogen-bond donors (Lipinski definition) is 3. The van der Waals surface area contributed by atoms with Crippen LogP contribution in [-0.2, 0) is 26.9 Å². The maximum absolute atomic E-state index is 13.3. The fourth-order valence-electron chi connectivity index (χ4n) is 4.63. The molecule has 0 spiro atoms. The van der Waals surface area contributed by atoms with Crippen molar-refractivity contribution in [1.82, 2.24) is 4.57 Å². The lowest BCUT2D eigenvalue weighted by Gasteiger charge is -2.26. The molecule has 2 aliphatic heterocycles. The molecule has 4 rings (SSSR count). The summed E-state index contributed by atoms with van der Waals surface area (Å²) < 4.78 is 46.6. The smallest absolute Gasteiger partial charge is 0.417 e. The van der Waals surface area contributed by atoms with E-state index in [0.717, 1.165) is 16.7 Å². The standard InChI is InChI=1S/C19H15F3N2O5/c1-17-6-11(16(27)28)18(2,29-17)13-12(17)14(25)24(15(13)26)9-4-3-8(7-23)10(5-9)19(20,21)22/h3-5,11,25-26H,6H2,1-2H3,(H,27,28)/t11-,17?,18?/m0/s1. The number of nitrogens with zero attached hydrogens (tertiary/aromatic N) is 2. The van der Waals surface area contributed by atoms with Crippen molar-refractivity contribution in [3.63, 3.8) is 0 Å². The maximum Gasteiger partial charge on any atom is 0.417 e. The number of nitriles is 1. The number of aromatic hydroxyl groups is 2. The molecule has 1 aromatic heterocycles. The second-order valence-corrected chi connectivity index (χ2v) is 7.61. The molecular formula is C19H15F3N2O5. The van der Waals surface area contributed by atoms with Crippen molar-refractivity contribution in [2.45, 2.75) is 37.6 Å². The summed E-state index contributed by atoms with van der Waals surface area (Å²) in [5, 5.41) is 40.0. The van der Waals surface area contributed by atoms with Gasteiger partial charge < -0.3 is 20.1 Å². The monoisotopic (exact) mass is 408 g/mol. The zero-order chi connectivity index (χ0) is 21.5. The molecule has 7 nitrogen and oxygen atoms in total. The van der Waals surface area contributed by atoms with Crippen LogP contribution in [0.25, 0.3) is 5.69 Å². The number of aromatic nitrogens is 1. The van der Waals surface area contributed by atoms with Gasteiger partial charge in [-0.15, -0.1) is 0 Å². The second-order valence-electron chi connectivity index (χ2n) is 7.61. The van der Waals surface area contributed by atoms with Crippen molar-refractivity contribution in [3.05, 3.63) is 40.5 Å². The molecule has 2 unspecified atom stereocenters. The van der Waals surface area contributed by atoms with Crippen LogP contribution in [0.2, 0.25) is 0 Å². The third-order valence-corrected chi connectivity index (χ3v) is 5.83. The molecule has 29 heavy (non-hydrogen) atoms. The third kappa shape index (κ3) is 2.31. The number of ether oxygens (including phenoxy) is 1. The van der Waals surface area contributed by atoms with Gasteiger partial charge in [0.1, 0.15) is 5.60 Å². The van der Waals surface area contributed by atoms with E-state index in [1.165, 1.54) is 13.0 Å². The minimum Gasteiger partial charge on any atom is -0.494 e. The first kappa shape index (κ1) is 19.1. The number of halogens is 3. The Morgan fingerprint density at radius 3 is 2.45 bits per heavy atom. The first-order chi connectivity index (χ1) is 13.3. The molecule has 2 aliphatic rings. The Hall–Kier alpha value is -3.19. The van der Waals surface area contributed by atoms with Crippen molar-refractivity contribution >= 4 is 5.97 Å². The van der Waals surface area contributed by atoms with E-state index in [-0.39, 0.29) is 23.2 Å². The van der Waals surface area contributed by atoms with E-state index in [1.807, 2.05) is 0 Å². The molecule has 1 fully saturated rings. The van der Waals surface area contributed by atoms with E-state index in [1.54, 1.807) is 6.92 Å². The van der Waals surface area contributed by atoms with Crippen molar-refractivity contribution in [2.75, 3.05) is 0 Å². The number of hydrogen-bond acceptors (Lipinski definition) is 5. The fraction of sp³-hybridized carbons (Fsp3) is 0.368. The number of carboxylic acid groups (broad SMARTS) is 1. The predicted molar refractivity (Wildman–Crippen MR) is 90.3 cm³/mol. The van der Waals surface area contributed by atoms with Crippen LogP contribution in [0.5, 0.6) is 11.8 Å². The molecule has 1 saturated heterocycles. The summed E-state index contributed by atoms with van der Waals surface area (Å²) in [7, 11) is 0. The minimum absolute atomic E-state index is 0.0318. The van der Waals surface area contributed by atoms with E-state index < -0.39 is 52.2 Å². The summed E-state index contributed by atoms with van der Waals surface area (Å²) in [6.45, 7) is 3.02. The fourth-order valence-corrected chi connectivity index (χ4v) is 4.63. The highest BCUT2D eigenvalue weighted by Gasteiger charge is 2.66. The van der Waals surface area contributed by atoms with Crippen LogP contribution in [0.1, 0.15) is 42.5 Å². The minimum atomic E-state index is -4.82. The Kier molecular flexibility index (Phi) is 3.60. The molecule has 2 aromatic rings. The third-order valence-electron chi connectivity index (χ3n) is 5.83. The van der Waals surface area contributed by atoms with Gasteiger partial charge in [-0.25, -0.2) is 0 Å². The van der Waals surface area contributed by atoms with Gasteiger partial charge in [-0.1, -0.05) is 0 Å². The van der Waals surface area contributed by atoms with Gasteiger partial charge in [0.05, 0.1) is 45.5 Å². The Morgan fingerprint density at radius 2 is 1.90 bits per heavy atom. The Morgan fingerprint density at radius 1 is 1.28 bits per heavy atom. The van der Waals surface area contributed by atoms with Crippen molar-refractivity contribution in [3.8, 4) is 23.5 Å². The summed E-state index contributed by atoms with van der Waals surface area (Å²) in [6, 6.07) is 4.21. The largest absolute Gasteiger partial charge is 0.494 e. The molecule has 10 heteroatoms. The van der Waals surface area contributed by atoms with Gasteiger partial charge in [0.25, 0.3) is 0 Å². The molecule has 3 N–H and O–H groups in total. The molecule has 0 amide bonds. The van der Waals surface area contributed by atoms with Crippen molar-refractivity contribution in [2.24, 2.45) is 5.92 Å². The number of aliphatic carboxylic acids is 1.